The van der Waals surface area contributed by atoms with Crippen LogP contribution in [0.1, 0.15) is 21.1 Å². The Morgan fingerprint density at radius 1 is 1.35 bits per heavy atom. The Morgan fingerprint density at radius 2 is 2.15 bits per heavy atom. The number of nitrogens with one attached hydrogen (secondary N) is 1. The number of benzene rings is 1. The number of carbonyl (C=O) groups is 1. The van der Waals surface area contributed by atoms with Gasteiger partial charge in [0.1, 0.15) is 5.69 Å². The predicted molar refractivity (Wildman–Crippen MR) is 80.3 cm³/mol. The minimum Gasteiger partial charge on any atom is -0.321 e. The van der Waals surface area contributed by atoms with Crippen LogP contribution in [0.5, 0.6) is 0 Å². The Kier molecular flexibility index (Phi) is 3.02. The summed E-state index contributed by atoms with van der Waals surface area (Å²) in [4.78, 5) is 16.7. The molecule has 0 bridgehead atoms. The quantitative estimate of drug-likeness (QED) is 0.788. The van der Waals surface area contributed by atoms with Crippen LogP contribution < -0.4 is 5.32 Å². The average Bonchev–Trinajstić information content (AvgIpc) is 2.91. The van der Waals surface area contributed by atoms with Crippen molar-refractivity contribution in [3.05, 3.63) is 40.7 Å². The monoisotopic (exact) mass is 286 g/mol. The number of hydrogen-bond donors (Lipinski definition) is 1. The molecule has 0 unspecified atom stereocenters. The molecule has 2 aromatic heterocycles. The third-order valence-corrected chi connectivity index (χ3v) is 4.04. The van der Waals surface area contributed by atoms with E-state index >= 15 is 0 Å². The van der Waals surface area contributed by atoms with Crippen LogP contribution in [-0.4, -0.2) is 20.7 Å². The summed E-state index contributed by atoms with van der Waals surface area (Å²) in [7, 11) is 1.76. The first-order valence-electron chi connectivity index (χ1n) is 6.22. The van der Waals surface area contributed by atoms with E-state index in [1.54, 1.807) is 29.3 Å². The highest BCUT2D eigenvalue weighted by Gasteiger charge is 2.14. The van der Waals surface area contributed by atoms with Gasteiger partial charge in [-0.1, -0.05) is 0 Å². The summed E-state index contributed by atoms with van der Waals surface area (Å²) in [6, 6.07) is 5.76. The Bertz CT molecular complexity index is 783. The fourth-order valence-corrected chi connectivity index (χ4v) is 2.99. The summed E-state index contributed by atoms with van der Waals surface area (Å²) in [6.45, 7) is 3.84. The smallest absolute Gasteiger partial charge is 0.274 e. The minimum absolute atomic E-state index is 0.159. The van der Waals surface area contributed by atoms with Gasteiger partial charge in [-0.2, -0.15) is 5.10 Å². The Labute approximate surface area is 120 Å². The maximum atomic E-state index is 12.3. The molecular formula is C14H14N4OS. The first-order valence-corrected chi connectivity index (χ1v) is 7.03. The Balaban J connectivity index is 1.91. The third-order valence-electron chi connectivity index (χ3n) is 3.09. The molecule has 1 aromatic carbocycles. The number of anilines is 1. The van der Waals surface area contributed by atoms with Gasteiger partial charge in [-0.05, 0) is 37.6 Å². The summed E-state index contributed by atoms with van der Waals surface area (Å²) < 4.78 is 2.70. The number of aromatic nitrogens is 3. The largest absolute Gasteiger partial charge is 0.321 e. The number of rotatable bonds is 2. The zero-order valence-electron chi connectivity index (χ0n) is 11.5. The first-order chi connectivity index (χ1) is 9.54. The summed E-state index contributed by atoms with van der Waals surface area (Å²) in [5.74, 6) is -0.159. The van der Waals surface area contributed by atoms with Gasteiger partial charge in [0.2, 0.25) is 0 Å². The van der Waals surface area contributed by atoms with E-state index < -0.39 is 0 Å². The number of carbonyl (C=O) groups excluding carboxylic acids is 1. The second-order valence-electron chi connectivity index (χ2n) is 4.67. The highest BCUT2D eigenvalue weighted by molar-refractivity contribution is 7.18. The normalized spacial score (nSPS) is 10.9. The van der Waals surface area contributed by atoms with Crippen molar-refractivity contribution in [2.45, 2.75) is 13.8 Å². The van der Waals surface area contributed by atoms with Gasteiger partial charge in [0.25, 0.3) is 5.91 Å². The molecule has 0 radical (unpaired) electrons. The molecule has 6 heteroatoms. The van der Waals surface area contributed by atoms with Crippen LogP contribution in [0.2, 0.25) is 0 Å². The van der Waals surface area contributed by atoms with Gasteiger partial charge in [-0.15, -0.1) is 11.3 Å². The molecule has 0 saturated heterocycles. The van der Waals surface area contributed by atoms with Gasteiger partial charge in [-0.3, -0.25) is 9.48 Å². The van der Waals surface area contributed by atoms with Gasteiger partial charge in [-0.25, -0.2) is 4.98 Å². The zero-order valence-corrected chi connectivity index (χ0v) is 12.3. The van der Waals surface area contributed by atoms with Crippen LogP contribution in [-0.2, 0) is 7.05 Å². The maximum Gasteiger partial charge on any atom is 0.274 e. The maximum absolute atomic E-state index is 12.3. The lowest BCUT2D eigenvalue weighted by molar-refractivity contribution is 0.101. The lowest BCUT2D eigenvalue weighted by Crippen LogP contribution is -2.17. The van der Waals surface area contributed by atoms with Crippen molar-refractivity contribution in [2.75, 3.05) is 5.32 Å². The lowest BCUT2D eigenvalue weighted by atomic mass is 10.2. The van der Waals surface area contributed by atoms with Gasteiger partial charge in [0.05, 0.1) is 21.4 Å². The van der Waals surface area contributed by atoms with Crippen LogP contribution >= 0.6 is 11.3 Å². The SMILES string of the molecule is Cc1nc2cc(NC(=O)c3c(C)cnn3C)ccc2s1. The number of thiazole rings is 1. The van der Waals surface area contributed by atoms with Crippen molar-refractivity contribution in [3.63, 3.8) is 0 Å². The predicted octanol–water partition coefficient (Wildman–Crippen LogP) is 2.90. The molecule has 0 saturated carbocycles. The summed E-state index contributed by atoms with van der Waals surface area (Å²) in [5.41, 5.74) is 3.08. The summed E-state index contributed by atoms with van der Waals surface area (Å²) in [6.07, 6.45) is 1.68. The van der Waals surface area contributed by atoms with Crippen molar-refractivity contribution in [1.29, 1.82) is 0 Å². The molecule has 20 heavy (non-hydrogen) atoms. The fraction of sp³-hybridized carbons (Fsp3) is 0.214. The molecule has 5 nitrogen and oxygen atoms in total. The molecular weight excluding hydrogens is 272 g/mol. The second-order valence-corrected chi connectivity index (χ2v) is 5.90. The fourth-order valence-electron chi connectivity index (χ4n) is 2.18. The number of aryl methyl sites for hydroxylation is 3. The van der Waals surface area contributed by atoms with E-state index in [9.17, 15) is 4.79 Å². The zero-order chi connectivity index (χ0) is 14.3. The van der Waals surface area contributed by atoms with Crippen molar-refractivity contribution in [1.82, 2.24) is 14.8 Å². The van der Waals surface area contributed by atoms with E-state index in [2.05, 4.69) is 15.4 Å². The number of fused-ring (bicyclic) bond motifs is 1. The molecule has 0 fully saturated rings. The van der Waals surface area contributed by atoms with E-state index in [0.29, 0.717) is 5.69 Å². The molecule has 3 aromatic rings. The number of hydrogen-bond acceptors (Lipinski definition) is 4. The molecule has 1 amide bonds. The molecule has 0 aliphatic rings. The minimum atomic E-state index is -0.159. The molecule has 3 rings (SSSR count). The first kappa shape index (κ1) is 12.8. The number of amides is 1. The van der Waals surface area contributed by atoms with Crippen molar-refractivity contribution >= 4 is 33.1 Å². The van der Waals surface area contributed by atoms with Crippen molar-refractivity contribution in [3.8, 4) is 0 Å². The van der Waals surface area contributed by atoms with Gasteiger partial charge in [0.15, 0.2) is 0 Å². The topological polar surface area (TPSA) is 59.8 Å². The Morgan fingerprint density at radius 3 is 2.85 bits per heavy atom. The Hall–Kier alpha value is -2.21. The number of nitrogens with zero attached hydrogens (tertiary/aromatic N) is 3. The van der Waals surface area contributed by atoms with Crippen LogP contribution in [0.25, 0.3) is 10.2 Å². The molecule has 2 heterocycles. The van der Waals surface area contributed by atoms with Crippen molar-refractivity contribution in [2.24, 2.45) is 7.05 Å². The van der Waals surface area contributed by atoms with Gasteiger partial charge < -0.3 is 5.32 Å². The van der Waals surface area contributed by atoms with E-state index in [0.717, 1.165) is 26.5 Å². The molecule has 0 atom stereocenters. The van der Waals surface area contributed by atoms with E-state index in [1.807, 2.05) is 32.0 Å². The molecule has 1 N–H and O–H groups in total. The van der Waals surface area contributed by atoms with Crippen LogP contribution in [0, 0.1) is 13.8 Å². The highest BCUT2D eigenvalue weighted by atomic mass is 32.1. The lowest BCUT2D eigenvalue weighted by Gasteiger charge is -2.06. The molecule has 0 spiro atoms. The van der Waals surface area contributed by atoms with E-state index in [1.165, 1.54) is 0 Å². The average molecular weight is 286 g/mol. The van der Waals surface area contributed by atoms with E-state index in [-0.39, 0.29) is 5.91 Å². The van der Waals surface area contributed by atoms with Crippen LogP contribution in [0.3, 0.4) is 0 Å². The van der Waals surface area contributed by atoms with Crippen LogP contribution in [0.15, 0.2) is 24.4 Å². The highest BCUT2D eigenvalue weighted by Crippen LogP contribution is 2.24. The molecule has 0 aliphatic heterocycles. The van der Waals surface area contributed by atoms with Crippen LogP contribution in [0.4, 0.5) is 5.69 Å². The third kappa shape index (κ3) is 2.18. The molecule has 102 valence electrons. The summed E-state index contributed by atoms with van der Waals surface area (Å²) in [5, 5.41) is 7.99. The van der Waals surface area contributed by atoms with Gasteiger partial charge >= 0.3 is 0 Å². The second kappa shape index (κ2) is 4.72. The standard InChI is InChI=1S/C14H14N4OS/c1-8-7-15-18(3)13(8)14(19)17-10-4-5-12-11(6-10)16-9(2)20-12/h4-7H,1-3H3,(H,17,19). The molecule has 0 aliphatic carbocycles. The van der Waals surface area contributed by atoms with Gasteiger partial charge in [0, 0.05) is 12.7 Å². The van der Waals surface area contributed by atoms with E-state index in [4.69, 9.17) is 0 Å². The van der Waals surface area contributed by atoms with Crippen molar-refractivity contribution < 1.29 is 4.79 Å². The summed E-state index contributed by atoms with van der Waals surface area (Å²) >= 11 is 1.64.